The maximum absolute atomic E-state index is 13.5. The van der Waals surface area contributed by atoms with Crippen LogP contribution in [0, 0.1) is 0 Å². The van der Waals surface area contributed by atoms with Crippen molar-refractivity contribution >= 4 is 16.8 Å². The molecule has 4 nitrogen and oxygen atoms in total. The standard InChI is InChI=1S/C25H30N3O/c1-27-18-21(23-6-2-3-7-24(23)27)16-19-8-10-20(11-9-19)25(29)28(14-4-5-15-28)22-12-13-26-17-22/h2-3,6-11,18,22,26H,4-5,12-17H2,1H3/q+1/t22-/m0/s1. The highest BCUT2D eigenvalue weighted by molar-refractivity contribution is 5.89. The monoisotopic (exact) mass is 388 g/mol. The van der Waals surface area contributed by atoms with Crippen molar-refractivity contribution < 1.29 is 9.28 Å². The topological polar surface area (TPSA) is 34.0 Å². The number of carbonyl (C=O) groups is 1. The van der Waals surface area contributed by atoms with Gasteiger partial charge in [-0.3, -0.25) is 4.48 Å². The Morgan fingerprint density at radius 1 is 1.10 bits per heavy atom. The van der Waals surface area contributed by atoms with E-state index in [4.69, 9.17) is 0 Å². The lowest BCUT2D eigenvalue weighted by Gasteiger charge is -2.36. The minimum absolute atomic E-state index is 0.327. The molecule has 2 saturated heterocycles. The molecule has 0 aliphatic carbocycles. The summed E-state index contributed by atoms with van der Waals surface area (Å²) in [6.45, 7) is 4.03. The number of hydrogen-bond acceptors (Lipinski definition) is 2. The van der Waals surface area contributed by atoms with Crippen molar-refractivity contribution in [3.05, 3.63) is 71.4 Å². The number of likely N-dealkylation sites (tertiary alicyclic amines) is 1. The summed E-state index contributed by atoms with van der Waals surface area (Å²) >= 11 is 0. The zero-order valence-electron chi connectivity index (χ0n) is 17.2. The van der Waals surface area contributed by atoms with Crippen molar-refractivity contribution in [2.75, 3.05) is 26.2 Å². The number of nitrogens with zero attached hydrogens (tertiary/aromatic N) is 2. The van der Waals surface area contributed by atoms with Crippen LogP contribution >= 0.6 is 0 Å². The van der Waals surface area contributed by atoms with Crippen molar-refractivity contribution in [1.82, 2.24) is 9.88 Å². The molecule has 0 bridgehead atoms. The Morgan fingerprint density at radius 2 is 1.86 bits per heavy atom. The molecule has 1 aromatic heterocycles. The number of rotatable bonds is 4. The van der Waals surface area contributed by atoms with Gasteiger partial charge >= 0.3 is 5.91 Å². The predicted octanol–water partition coefficient (Wildman–Crippen LogP) is 3.88. The molecular weight excluding hydrogens is 358 g/mol. The fraction of sp³-hybridized carbons (Fsp3) is 0.400. The van der Waals surface area contributed by atoms with Crippen LogP contribution < -0.4 is 5.32 Å². The lowest BCUT2D eigenvalue weighted by molar-refractivity contribution is -0.860. The molecule has 5 rings (SSSR count). The van der Waals surface area contributed by atoms with Gasteiger partial charge in [-0.1, -0.05) is 30.3 Å². The van der Waals surface area contributed by atoms with E-state index >= 15 is 0 Å². The number of aromatic nitrogens is 1. The van der Waals surface area contributed by atoms with E-state index in [0.29, 0.717) is 16.4 Å². The fourth-order valence-corrected chi connectivity index (χ4v) is 5.50. The van der Waals surface area contributed by atoms with Gasteiger partial charge in [-0.15, -0.1) is 0 Å². The van der Waals surface area contributed by atoms with Crippen molar-refractivity contribution in [3.63, 3.8) is 0 Å². The first kappa shape index (κ1) is 18.6. The molecule has 29 heavy (non-hydrogen) atoms. The van der Waals surface area contributed by atoms with Gasteiger partial charge in [0.2, 0.25) is 0 Å². The summed E-state index contributed by atoms with van der Waals surface area (Å²) in [7, 11) is 2.10. The molecule has 150 valence electrons. The van der Waals surface area contributed by atoms with E-state index in [9.17, 15) is 4.79 Å². The van der Waals surface area contributed by atoms with Crippen LogP contribution in [0.5, 0.6) is 0 Å². The van der Waals surface area contributed by atoms with Gasteiger partial charge in [0.25, 0.3) is 0 Å². The van der Waals surface area contributed by atoms with Gasteiger partial charge in [0.15, 0.2) is 0 Å². The molecule has 0 saturated carbocycles. The predicted molar refractivity (Wildman–Crippen MR) is 117 cm³/mol. The highest BCUT2D eigenvalue weighted by atomic mass is 16.2. The normalized spacial score (nSPS) is 21.1. The Morgan fingerprint density at radius 3 is 2.59 bits per heavy atom. The Kier molecular flexibility index (Phi) is 4.76. The number of carbonyl (C=O) groups excluding carboxylic acids is 1. The molecule has 4 heteroatoms. The average Bonchev–Trinajstić information content (AvgIpc) is 3.50. The van der Waals surface area contributed by atoms with Crippen LogP contribution in [0.4, 0.5) is 0 Å². The smallest absolute Gasteiger partial charge is 0.346 e. The van der Waals surface area contributed by atoms with Crippen LogP contribution in [-0.4, -0.2) is 47.2 Å². The third-order valence-corrected chi connectivity index (χ3v) is 7.08. The van der Waals surface area contributed by atoms with Crippen LogP contribution in [0.25, 0.3) is 10.9 Å². The molecule has 0 spiro atoms. The summed E-state index contributed by atoms with van der Waals surface area (Å²) in [4.78, 5) is 13.5. The van der Waals surface area contributed by atoms with Crippen molar-refractivity contribution in [2.24, 2.45) is 7.05 Å². The number of hydrogen-bond donors (Lipinski definition) is 1. The SMILES string of the molecule is Cn1cc(Cc2ccc(C(=O)[N+]3([C@H]4CCNC4)CCCC3)cc2)c2ccccc21. The first-order valence-electron chi connectivity index (χ1n) is 10.9. The van der Waals surface area contributed by atoms with Gasteiger partial charge in [0.05, 0.1) is 18.7 Å². The summed E-state index contributed by atoms with van der Waals surface area (Å²) in [5.74, 6) is 0.327. The maximum Gasteiger partial charge on any atom is 0.346 e. The second kappa shape index (κ2) is 7.43. The van der Waals surface area contributed by atoms with Crippen molar-refractivity contribution in [2.45, 2.75) is 31.7 Å². The molecule has 1 N–H and O–H groups in total. The summed E-state index contributed by atoms with van der Waals surface area (Å²) in [6, 6.07) is 17.4. The Bertz CT molecular complexity index is 1020. The summed E-state index contributed by atoms with van der Waals surface area (Å²) in [5, 5.41) is 4.77. The van der Waals surface area contributed by atoms with Gasteiger partial charge in [-0.2, -0.15) is 0 Å². The summed E-state index contributed by atoms with van der Waals surface area (Å²) < 4.78 is 2.86. The minimum Gasteiger partial charge on any atom is -0.350 e. The van der Waals surface area contributed by atoms with E-state index in [1.807, 2.05) is 0 Å². The molecular formula is C25H30N3O+. The minimum atomic E-state index is 0.327. The maximum atomic E-state index is 13.5. The highest BCUT2D eigenvalue weighted by Gasteiger charge is 2.47. The van der Waals surface area contributed by atoms with Gasteiger partial charge in [0.1, 0.15) is 6.04 Å². The molecule has 0 radical (unpaired) electrons. The van der Waals surface area contributed by atoms with E-state index in [2.05, 4.69) is 71.7 Å². The van der Waals surface area contributed by atoms with Gasteiger partial charge < -0.3 is 9.88 Å². The third kappa shape index (κ3) is 3.21. The molecule has 2 aliphatic rings. The first-order chi connectivity index (χ1) is 14.2. The summed E-state index contributed by atoms with van der Waals surface area (Å²) in [6.07, 6.45) is 6.57. The zero-order valence-corrected chi connectivity index (χ0v) is 17.2. The van der Waals surface area contributed by atoms with E-state index < -0.39 is 0 Å². The Hall–Kier alpha value is -2.43. The number of amides is 1. The highest BCUT2D eigenvalue weighted by Crippen LogP contribution is 2.30. The van der Waals surface area contributed by atoms with E-state index in [1.165, 1.54) is 34.9 Å². The number of fused-ring (bicyclic) bond motifs is 1. The molecule has 1 atom stereocenters. The molecule has 2 fully saturated rings. The lowest BCUT2D eigenvalue weighted by Crippen LogP contribution is -2.58. The van der Waals surface area contributed by atoms with Crippen LogP contribution in [0.15, 0.2) is 54.7 Å². The Balaban J connectivity index is 1.39. The number of aryl methyl sites for hydroxylation is 1. The largest absolute Gasteiger partial charge is 0.350 e. The quantitative estimate of drug-likeness (QED) is 0.688. The van der Waals surface area contributed by atoms with E-state index in [0.717, 1.165) is 44.6 Å². The van der Waals surface area contributed by atoms with Crippen LogP contribution in [0.2, 0.25) is 0 Å². The van der Waals surface area contributed by atoms with Gasteiger partial charge in [-0.25, -0.2) is 4.79 Å². The second-order valence-electron chi connectivity index (χ2n) is 8.80. The zero-order chi connectivity index (χ0) is 19.8. The van der Waals surface area contributed by atoms with Crippen LogP contribution in [0.1, 0.15) is 40.7 Å². The van der Waals surface area contributed by atoms with Gasteiger partial charge in [0, 0.05) is 56.5 Å². The average molecular weight is 389 g/mol. The lowest BCUT2D eigenvalue weighted by atomic mass is 10.0. The number of para-hydroxylation sites is 1. The van der Waals surface area contributed by atoms with Crippen molar-refractivity contribution in [1.29, 1.82) is 0 Å². The Labute approximate surface area is 172 Å². The number of benzene rings is 2. The number of nitrogens with one attached hydrogen (secondary N) is 1. The van der Waals surface area contributed by atoms with E-state index in [-0.39, 0.29) is 0 Å². The molecule has 1 amide bonds. The summed E-state index contributed by atoms with van der Waals surface area (Å²) in [5.41, 5.74) is 4.73. The molecule has 3 aromatic rings. The number of quaternary nitrogens is 1. The molecule has 2 aliphatic heterocycles. The van der Waals surface area contributed by atoms with Crippen molar-refractivity contribution in [3.8, 4) is 0 Å². The third-order valence-electron chi connectivity index (χ3n) is 7.08. The first-order valence-corrected chi connectivity index (χ1v) is 10.9. The molecule has 2 aromatic carbocycles. The van der Waals surface area contributed by atoms with E-state index in [1.54, 1.807) is 0 Å². The van der Waals surface area contributed by atoms with Crippen LogP contribution in [0.3, 0.4) is 0 Å². The van der Waals surface area contributed by atoms with Gasteiger partial charge in [-0.05, 0) is 35.7 Å². The molecule has 0 unspecified atom stereocenters. The molecule has 3 heterocycles. The fourth-order valence-electron chi connectivity index (χ4n) is 5.50. The van der Waals surface area contributed by atoms with Crippen LogP contribution in [-0.2, 0) is 13.5 Å². The second-order valence-corrected chi connectivity index (χ2v) is 8.80.